The lowest BCUT2D eigenvalue weighted by atomic mass is 10.0. The van der Waals surface area contributed by atoms with Gasteiger partial charge in [-0.15, -0.1) is 11.3 Å². The number of rotatable bonds is 6. The number of aromatic nitrogens is 1. The van der Waals surface area contributed by atoms with Gasteiger partial charge in [0.2, 0.25) is 5.91 Å². The van der Waals surface area contributed by atoms with E-state index in [0.29, 0.717) is 12.5 Å². The molecule has 0 spiro atoms. The molecule has 0 fully saturated rings. The van der Waals surface area contributed by atoms with Crippen LogP contribution in [0.1, 0.15) is 26.0 Å². The number of nitrogens with two attached hydrogens (primary N) is 1. The van der Waals surface area contributed by atoms with E-state index in [4.69, 9.17) is 5.73 Å². The Morgan fingerprint density at radius 1 is 1.62 bits per heavy atom. The van der Waals surface area contributed by atoms with E-state index in [2.05, 4.69) is 24.1 Å². The summed E-state index contributed by atoms with van der Waals surface area (Å²) in [5.74, 6) is 0.378. The maximum Gasteiger partial charge on any atom is 0.236 e. The first-order valence-electron chi connectivity index (χ1n) is 5.50. The average Bonchev–Trinajstić information content (AvgIpc) is 2.69. The Morgan fingerprint density at radius 2 is 2.38 bits per heavy atom. The largest absolute Gasteiger partial charge is 0.354 e. The molecule has 1 amide bonds. The van der Waals surface area contributed by atoms with Gasteiger partial charge in [0.1, 0.15) is 0 Å². The van der Waals surface area contributed by atoms with E-state index < -0.39 is 6.04 Å². The van der Waals surface area contributed by atoms with Crippen molar-refractivity contribution in [3.8, 4) is 0 Å². The Labute approximate surface area is 100 Å². The van der Waals surface area contributed by atoms with Crippen LogP contribution in [0.4, 0.5) is 0 Å². The summed E-state index contributed by atoms with van der Waals surface area (Å²) in [7, 11) is 0. The molecule has 16 heavy (non-hydrogen) atoms. The lowest BCUT2D eigenvalue weighted by Crippen LogP contribution is -2.42. The van der Waals surface area contributed by atoms with Crippen LogP contribution in [-0.2, 0) is 11.2 Å². The van der Waals surface area contributed by atoms with Gasteiger partial charge < -0.3 is 11.1 Å². The van der Waals surface area contributed by atoms with Gasteiger partial charge in [-0.1, -0.05) is 13.8 Å². The molecule has 1 heterocycles. The van der Waals surface area contributed by atoms with E-state index in [-0.39, 0.29) is 5.91 Å². The molecular weight excluding hydrogens is 222 g/mol. The van der Waals surface area contributed by atoms with E-state index in [1.807, 2.05) is 5.38 Å². The Balaban J connectivity index is 2.19. The van der Waals surface area contributed by atoms with Crippen molar-refractivity contribution in [2.45, 2.75) is 32.7 Å². The van der Waals surface area contributed by atoms with Crippen molar-refractivity contribution in [1.29, 1.82) is 0 Å². The Bertz CT molecular complexity index is 311. The van der Waals surface area contributed by atoms with Gasteiger partial charge in [0.25, 0.3) is 0 Å². The van der Waals surface area contributed by atoms with Gasteiger partial charge in [0.15, 0.2) is 0 Å². The summed E-state index contributed by atoms with van der Waals surface area (Å²) >= 11 is 1.56. The van der Waals surface area contributed by atoms with Gasteiger partial charge >= 0.3 is 0 Å². The molecule has 0 aromatic carbocycles. The van der Waals surface area contributed by atoms with Gasteiger partial charge in [-0.05, 0) is 12.3 Å². The van der Waals surface area contributed by atoms with Crippen LogP contribution in [-0.4, -0.2) is 23.5 Å². The summed E-state index contributed by atoms with van der Waals surface area (Å²) in [5, 5.41) is 4.81. The number of hydrogen-bond donors (Lipinski definition) is 2. The normalized spacial score (nSPS) is 12.8. The molecule has 0 bridgehead atoms. The third-order valence-electron chi connectivity index (χ3n) is 2.23. The molecule has 0 unspecified atom stereocenters. The number of hydrogen-bond acceptors (Lipinski definition) is 4. The monoisotopic (exact) mass is 241 g/mol. The zero-order valence-electron chi connectivity index (χ0n) is 9.77. The highest BCUT2D eigenvalue weighted by atomic mass is 32.1. The minimum absolute atomic E-state index is 0.0658. The molecule has 90 valence electrons. The van der Waals surface area contributed by atoms with E-state index in [9.17, 15) is 4.79 Å². The summed E-state index contributed by atoms with van der Waals surface area (Å²) in [4.78, 5) is 15.7. The van der Waals surface area contributed by atoms with Crippen LogP contribution in [0.15, 0.2) is 10.9 Å². The lowest BCUT2D eigenvalue weighted by molar-refractivity contribution is -0.122. The maximum absolute atomic E-state index is 11.6. The van der Waals surface area contributed by atoms with Crippen molar-refractivity contribution in [3.05, 3.63) is 16.6 Å². The molecule has 0 saturated carbocycles. The standard InChI is InChI=1S/C11H19N3OS/c1-8(2)5-10(12)11(15)13-4-3-9-6-16-7-14-9/h6-8,10H,3-5,12H2,1-2H3,(H,13,15)/t10-/m0/s1. The zero-order chi connectivity index (χ0) is 12.0. The van der Waals surface area contributed by atoms with E-state index in [1.54, 1.807) is 16.8 Å². The molecule has 1 aromatic rings. The fraction of sp³-hybridized carbons (Fsp3) is 0.636. The fourth-order valence-corrected chi connectivity index (χ4v) is 2.01. The summed E-state index contributed by atoms with van der Waals surface area (Å²) in [6.07, 6.45) is 1.49. The maximum atomic E-state index is 11.6. The van der Waals surface area contributed by atoms with Gasteiger partial charge in [-0.2, -0.15) is 0 Å². The van der Waals surface area contributed by atoms with E-state index in [0.717, 1.165) is 18.5 Å². The molecule has 0 saturated heterocycles. The summed E-state index contributed by atoms with van der Waals surface area (Å²) in [6.45, 7) is 4.72. The molecule has 0 aliphatic rings. The van der Waals surface area contributed by atoms with Crippen molar-refractivity contribution >= 4 is 17.2 Å². The third-order valence-corrected chi connectivity index (χ3v) is 2.86. The first-order chi connectivity index (χ1) is 7.59. The van der Waals surface area contributed by atoms with Crippen LogP contribution in [0.3, 0.4) is 0 Å². The first-order valence-corrected chi connectivity index (χ1v) is 6.44. The lowest BCUT2D eigenvalue weighted by Gasteiger charge is -2.13. The average molecular weight is 241 g/mol. The quantitative estimate of drug-likeness (QED) is 0.785. The van der Waals surface area contributed by atoms with E-state index in [1.165, 1.54) is 0 Å². The fourth-order valence-electron chi connectivity index (χ4n) is 1.42. The smallest absolute Gasteiger partial charge is 0.236 e. The minimum Gasteiger partial charge on any atom is -0.354 e. The second-order valence-electron chi connectivity index (χ2n) is 4.26. The Morgan fingerprint density at radius 3 is 2.94 bits per heavy atom. The predicted octanol–water partition coefficient (Wildman–Crippen LogP) is 1.18. The van der Waals surface area contributed by atoms with Crippen LogP contribution < -0.4 is 11.1 Å². The van der Waals surface area contributed by atoms with Crippen LogP contribution >= 0.6 is 11.3 Å². The number of nitrogens with one attached hydrogen (secondary N) is 1. The third kappa shape index (κ3) is 4.72. The molecule has 0 aliphatic heterocycles. The van der Waals surface area contributed by atoms with Gasteiger partial charge in [-0.3, -0.25) is 4.79 Å². The van der Waals surface area contributed by atoms with Crippen molar-refractivity contribution in [3.63, 3.8) is 0 Å². The molecular formula is C11H19N3OS. The molecule has 1 aromatic heterocycles. The first kappa shape index (κ1) is 13.1. The summed E-state index contributed by atoms with van der Waals surface area (Å²) < 4.78 is 0. The number of carbonyl (C=O) groups is 1. The highest BCUT2D eigenvalue weighted by Crippen LogP contribution is 2.03. The Kier molecular flexibility index (Phi) is 5.42. The summed E-state index contributed by atoms with van der Waals surface area (Å²) in [5.41, 5.74) is 8.56. The molecule has 0 aliphatic carbocycles. The summed E-state index contributed by atoms with van der Waals surface area (Å²) in [6, 6.07) is -0.393. The molecule has 1 rings (SSSR count). The minimum atomic E-state index is -0.393. The molecule has 1 atom stereocenters. The topological polar surface area (TPSA) is 68.0 Å². The molecule has 3 N–H and O–H groups in total. The van der Waals surface area contributed by atoms with Gasteiger partial charge in [-0.25, -0.2) is 4.98 Å². The second kappa shape index (κ2) is 6.60. The second-order valence-corrected chi connectivity index (χ2v) is 4.98. The highest BCUT2D eigenvalue weighted by molar-refractivity contribution is 7.07. The molecule has 4 nitrogen and oxygen atoms in total. The zero-order valence-corrected chi connectivity index (χ0v) is 10.6. The van der Waals surface area contributed by atoms with Crippen molar-refractivity contribution in [2.75, 3.05) is 6.54 Å². The molecule has 0 radical (unpaired) electrons. The number of thiazole rings is 1. The predicted molar refractivity (Wildman–Crippen MR) is 66.3 cm³/mol. The number of amides is 1. The Hall–Kier alpha value is -0.940. The van der Waals surface area contributed by atoms with Gasteiger partial charge in [0, 0.05) is 18.3 Å². The van der Waals surface area contributed by atoms with Gasteiger partial charge in [0.05, 0.1) is 17.2 Å². The van der Waals surface area contributed by atoms with Crippen LogP contribution in [0.5, 0.6) is 0 Å². The number of carbonyl (C=O) groups excluding carboxylic acids is 1. The van der Waals surface area contributed by atoms with E-state index >= 15 is 0 Å². The van der Waals surface area contributed by atoms with Crippen LogP contribution in [0.2, 0.25) is 0 Å². The highest BCUT2D eigenvalue weighted by Gasteiger charge is 2.13. The number of nitrogens with zero attached hydrogens (tertiary/aromatic N) is 1. The SMILES string of the molecule is CC(C)C[C@H](N)C(=O)NCCc1cscn1. The van der Waals surface area contributed by atoms with Crippen LogP contribution in [0, 0.1) is 5.92 Å². The van der Waals surface area contributed by atoms with Crippen molar-refractivity contribution in [2.24, 2.45) is 11.7 Å². The van der Waals surface area contributed by atoms with Crippen LogP contribution in [0.25, 0.3) is 0 Å². The molecule has 5 heteroatoms. The van der Waals surface area contributed by atoms with Crippen molar-refractivity contribution < 1.29 is 4.79 Å². The van der Waals surface area contributed by atoms with Crippen molar-refractivity contribution in [1.82, 2.24) is 10.3 Å².